The van der Waals surface area contributed by atoms with E-state index in [2.05, 4.69) is 10.3 Å². The highest BCUT2D eigenvalue weighted by Crippen LogP contribution is 2.32. The summed E-state index contributed by atoms with van der Waals surface area (Å²) < 4.78 is 30.7. The molecule has 1 unspecified atom stereocenters. The molecule has 2 rings (SSSR count). The van der Waals surface area contributed by atoms with Crippen LogP contribution < -0.4 is 10.1 Å². The molecular weight excluding hydrogens is 388 g/mol. The summed E-state index contributed by atoms with van der Waals surface area (Å²) in [5.41, 5.74) is 0.771. The third-order valence-electron chi connectivity index (χ3n) is 3.72. The van der Waals surface area contributed by atoms with Gasteiger partial charge in [0.2, 0.25) is 0 Å². The smallest absolute Gasteiger partial charge is 0.314 e. The summed E-state index contributed by atoms with van der Waals surface area (Å²) in [6.07, 6.45) is 2.84. The van der Waals surface area contributed by atoms with Crippen LogP contribution in [0, 0.1) is 0 Å². The van der Waals surface area contributed by atoms with Crippen molar-refractivity contribution in [1.82, 2.24) is 10.3 Å². The molecule has 1 aromatic carbocycles. The van der Waals surface area contributed by atoms with Gasteiger partial charge in [-0.1, -0.05) is 12.1 Å². The summed E-state index contributed by atoms with van der Waals surface area (Å²) in [4.78, 5) is 22.0. The number of carboxylic acids is 2. The van der Waals surface area contributed by atoms with Crippen LogP contribution in [0.5, 0.6) is 5.75 Å². The van der Waals surface area contributed by atoms with Crippen LogP contribution in [0.15, 0.2) is 47.6 Å². The van der Waals surface area contributed by atoms with Crippen LogP contribution in [0.25, 0.3) is 0 Å². The van der Waals surface area contributed by atoms with Crippen molar-refractivity contribution < 1.29 is 33.0 Å². The zero-order valence-corrected chi connectivity index (χ0v) is 16.4. The van der Waals surface area contributed by atoms with Gasteiger partial charge >= 0.3 is 11.9 Å². The van der Waals surface area contributed by atoms with Gasteiger partial charge in [-0.05, 0) is 43.8 Å². The highest BCUT2D eigenvalue weighted by Gasteiger charge is 2.29. The lowest BCUT2D eigenvalue weighted by Gasteiger charge is -2.17. The molecule has 9 nitrogen and oxygen atoms in total. The number of sulfone groups is 1. The molecule has 0 bridgehead atoms. The van der Waals surface area contributed by atoms with Gasteiger partial charge in [0.15, 0.2) is 9.84 Å². The predicted octanol–water partition coefficient (Wildman–Crippen LogP) is 1.69. The van der Waals surface area contributed by atoms with Crippen LogP contribution in [0.1, 0.15) is 23.7 Å². The molecule has 0 radical (unpaired) electrons. The molecule has 0 aliphatic rings. The topological polar surface area (TPSA) is 146 Å². The Kier molecular flexibility index (Phi) is 9.19. The molecule has 10 heteroatoms. The Labute approximate surface area is 163 Å². The van der Waals surface area contributed by atoms with Crippen molar-refractivity contribution in [3.8, 4) is 5.75 Å². The third kappa shape index (κ3) is 7.05. The summed E-state index contributed by atoms with van der Waals surface area (Å²) in [6.45, 7) is 0.625. The van der Waals surface area contributed by atoms with E-state index in [1.54, 1.807) is 31.5 Å². The van der Waals surface area contributed by atoms with E-state index >= 15 is 0 Å². The van der Waals surface area contributed by atoms with E-state index in [4.69, 9.17) is 14.9 Å². The molecule has 28 heavy (non-hydrogen) atoms. The molecule has 1 heterocycles. The molecule has 0 amide bonds. The SMILES string of the molecule is CNCCC(c1ccc(OC)cc1)S(=O)(=O)c1cc[nH]c1.O=C(O)CC(=O)O. The predicted molar refractivity (Wildman–Crippen MR) is 102 cm³/mol. The van der Waals surface area contributed by atoms with Crippen molar-refractivity contribution in [2.24, 2.45) is 0 Å². The Morgan fingerprint density at radius 2 is 1.75 bits per heavy atom. The van der Waals surface area contributed by atoms with Crippen LogP contribution in [-0.2, 0) is 19.4 Å². The van der Waals surface area contributed by atoms with E-state index in [9.17, 15) is 18.0 Å². The second-order valence-corrected chi connectivity index (χ2v) is 7.84. The quantitative estimate of drug-likeness (QED) is 0.455. The van der Waals surface area contributed by atoms with Gasteiger partial charge < -0.3 is 25.3 Å². The van der Waals surface area contributed by atoms with Crippen LogP contribution >= 0.6 is 0 Å². The van der Waals surface area contributed by atoms with Gasteiger partial charge in [-0.25, -0.2) is 8.42 Å². The lowest BCUT2D eigenvalue weighted by molar-refractivity contribution is -0.147. The summed E-state index contributed by atoms with van der Waals surface area (Å²) in [5, 5.41) is 17.8. The van der Waals surface area contributed by atoms with Gasteiger partial charge in [-0.2, -0.15) is 0 Å². The van der Waals surface area contributed by atoms with Crippen molar-refractivity contribution in [2.45, 2.75) is 23.0 Å². The largest absolute Gasteiger partial charge is 0.497 e. The zero-order chi connectivity index (χ0) is 21.2. The molecule has 0 fully saturated rings. The van der Waals surface area contributed by atoms with Crippen LogP contribution in [-0.4, -0.2) is 56.3 Å². The third-order valence-corrected chi connectivity index (χ3v) is 5.89. The van der Waals surface area contributed by atoms with E-state index in [-0.39, 0.29) is 0 Å². The first-order chi connectivity index (χ1) is 13.2. The Bertz CT molecular complexity index is 835. The first kappa shape index (κ1) is 23.2. The van der Waals surface area contributed by atoms with E-state index in [0.717, 1.165) is 5.56 Å². The summed E-state index contributed by atoms with van der Waals surface area (Å²) in [5.74, 6) is -1.91. The second-order valence-electron chi connectivity index (χ2n) is 5.71. The van der Waals surface area contributed by atoms with Crippen LogP contribution in [0.2, 0.25) is 0 Å². The average Bonchev–Trinajstić information content (AvgIpc) is 3.17. The van der Waals surface area contributed by atoms with Crippen molar-refractivity contribution >= 4 is 21.8 Å². The van der Waals surface area contributed by atoms with E-state index < -0.39 is 33.4 Å². The summed E-state index contributed by atoms with van der Waals surface area (Å²) in [7, 11) is -0.0138. The Morgan fingerprint density at radius 1 is 1.14 bits per heavy atom. The fourth-order valence-corrected chi connectivity index (χ4v) is 4.14. The molecule has 2 aromatic rings. The number of carbonyl (C=O) groups is 2. The maximum Gasteiger partial charge on any atom is 0.314 e. The first-order valence-electron chi connectivity index (χ1n) is 8.31. The molecule has 154 valence electrons. The number of nitrogens with one attached hydrogen (secondary N) is 2. The van der Waals surface area contributed by atoms with Gasteiger partial charge in [0, 0.05) is 12.4 Å². The number of aromatic amines is 1. The number of benzene rings is 1. The number of H-pyrrole nitrogens is 1. The molecule has 0 spiro atoms. The number of aliphatic carboxylic acids is 2. The number of methoxy groups -OCH3 is 1. The molecule has 0 aliphatic heterocycles. The van der Waals surface area contributed by atoms with Crippen molar-refractivity contribution in [3.63, 3.8) is 0 Å². The van der Waals surface area contributed by atoms with Crippen molar-refractivity contribution in [2.75, 3.05) is 20.7 Å². The molecule has 1 atom stereocenters. The zero-order valence-electron chi connectivity index (χ0n) is 15.6. The number of ether oxygens (including phenoxy) is 1. The average molecular weight is 412 g/mol. The van der Waals surface area contributed by atoms with Gasteiger partial charge in [0.05, 0.1) is 17.3 Å². The number of hydrogen-bond acceptors (Lipinski definition) is 6. The minimum atomic E-state index is -3.41. The Hall–Kier alpha value is -2.85. The van der Waals surface area contributed by atoms with Crippen molar-refractivity contribution in [1.29, 1.82) is 0 Å². The van der Waals surface area contributed by atoms with E-state index in [1.807, 2.05) is 19.2 Å². The van der Waals surface area contributed by atoms with Gasteiger partial charge in [0.1, 0.15) is 12.2 Å². The lowest BCUT2D eigenvalue weighted by Crippen LogP contribution is -2.19. The van der Waals surface area contributed by atoms with Gasteiger partial charge in [0.25, 0.3) is 0 Å². The van der Waals surface area contributed by atoms with Crippen molar-refractivity contribution in [3.05, 3.63) is 48.3 Å². The normalized spacial score (nSPS) is 11.8. The standard InChI is InChI=1S/C15H20N2O3S.C3H4O4/c1-16-9-8-15(12-3-5-13(20-2)6-4-12)21(18,19)14-7-10-17-11-14;4-2(5)1-3(6)7/h3-7,10-11,15-17H,8-9H2,1-2H3;1H2,(H,4,5)(H,6,7). The van der Waals surface area contributed by atoms with E-state index in [1.165, 1.54) is 6.20 Å². The molecule has 4 N–H and O–H groups in total. The van der Waals surface area contributed by atoms with Crippen LogP contribution in [0.4, 0.5) is 0 Å². The minimum Gasteiger partial charge on any atom is -0.497 e. The minimum absolute atomic E-state index is 0.319. The maximum atomic E-state index is 12.8. The number of hydrogen-bond donors (Lipinski definition) is 4. The molecule has 0 aliphatic carbocycles. The summed E-state index contributed by atoms with van der Waals surface area (Å²) >= 11 is 0. The highest BCUT2D eigenvalue weighted by molar-refractivity contribution is 7.91. The highest BCUT2D eigenvalue weighted by atomic mass is 32.2. The number of rotatable bonds is 9. The molecule has 0 saturated carbocycles. The van der Waals surface area contributed by atoms with E-state index in [0.29, 0.717) is 23.6 Å². The fraction of sp³-hybridized carbons (Fsp3) is 0.333. The van der Waals surface area contributed by atoms with Gasteiger partial charge in [-0.3, -0.25) is 9.59 Å². The number of carboxylic acid groups (broad SMARTS) is 2. The monoisotopic (exact) mass is 412 g/mol. The van der Waals surface area contributed by atoms with Crippen LogP contribution in [0.3, 0.4) is 0 Å². The second kappa shape index (κ2) is 11.1. The molecular formula is C18H24N2O7S. The first-order valence-corrected chi connectivity index (χ1v) is 9.85. The summed E-state index contributed by atoms with van der Waals surface area (Å²) in [6, 6.07) is 8.78. The number of aromatic nitrogens is 1. The van der Waals surface area contributed by atoms with Gasteiger partial charge in [-0.15, -0.1) is 0 Å². The fourth-order valence-electron chi connectivity index (χ4n) is 2.37. The molecule has 0 saturated heterocycles. The molecule has 1 aromatic heterocycles. The lowest BCUT2D eigenvalue weighted by atomic mass is 10.1. The Morgan fingerprint density at radius 3 is 2.14 bits per heavy atom. The Balaban J connectivity index is 0.000000480. The maximum absolute atomic E-state index is 12.8.